The fourth-order valence-electron chi connectivity index (χ4n) is 4.63. The van der Waals surface area contributed by atoms with Gasteiger partial charge in [0.05, 0.1) is 0 Å². The molecule has 0 saturated heterocycles. The molecule has 5 aromatic carbocycles. The molecule has 1 aliphatic heterocycles. The monoisotopic (exact) mass is 452 g/mol. The molecule has 29 heavy (non-hydrogen) atoms. The molecule has 5 aromatic rings. The first-order chi connectivity index (χ1) is 14.3. The van der Waals surface area contributed by atoms with E-state index in [0.29, 0.717) is 0 Å². The Bertz CT molecular complexity index is 1400. The maximum Gasteiger partial charge on any atom is 0.0255 e. The lowest BCUT2D eigenvalue weighted by Gasteiger charge is -2.31. The lowest BCUT2D eigenvalue weighted by molar-refractivity contribution is 1.41. The molecular formula is C27H18BrP. The Labute approximate surface area is 180 Å². The van der Waals surface area contributed by atoms with Gasteiger partial charge in [0, 0.05) is 10.6 Å². The fourth-order valence-corrected chi connectivity index (χ4v) is 8.12. The van der Waals surface area contributed by atoms with Gasteiger partial charge in [0.2, 0.25) is 0 Å². The van der Waals surface area contributed by atoms with E-state index in [4.69, 9.17) is 0 Å². The number of rotatable bonds is 1. The second-order valence-corrected chi connectivity index (χ2v) is 10.5. The van der Waals surface area contributed by atoms with E-state index in [0.717, 1.165) is 6.16 Å². The highest BCUT2D eigenvalue weighted by Crippen LogP contribution is 2.52. The van der Waals surface area contributed by atoms with E-state index < -0.39 is 7.92 Å². The lowest BCUT2D eigenvalue weighted by Crippen LogP contribution is -2.21. The summed E-state index contributed by atoms with van der Waals surface area (Å²) in [5.74, 6) is 0. The Morgan fingerprint density at radius 2 is 1.17 bits per heavy atom. The van der Waals surface area contributed by atoms with Crippen molar-refractivity contribution in [2.45, 2.75) is 6.16 Å². The molecule has 138 valence electrons. The second kappa shape index (κ2) is 6.80. The Morgan fingerprint density at radius 1 is 0.552 bits per heavy atom. The van der Waals surface area contributed by atoms with E-state index >= 15 is 0 Å². The molecule has 0 fully saturated rings. The van der Waals surface area contributed by atoms with Crippen LogP contribution in [-0.2, 0) is 6.16 Å². The van der Waals surface area contributed by atoms with Crippen molar-refractivity contribution >= 4 is 56.0 Å². The molecule has 0 radical (unpaired) electrons. The molecule has 1 unspecified atom stereocenters. The third-order valence-electron chi connectivity index (χ3n) is 5.93. The summed E-state index contributed by atoms with van der Waals surface area (Å²) in [4.78, 5) is 0. The van der Waals surface area contributed by atoms with Crippen molar-refractivity contribution in [1.82, 2.24) is 0 Å². The second-order valence-electron chi connectivity index (χ2n) is 7.54. The Morgan fingerprint density at radius 3 is 1.93 bits per heavy atom. The predicted molar refractivity (Wildman–Crippen MR) is 131 cm³/mol. The van der Waals surface area contributed by atoms with Gasteiger partial charge in [0.15, 0.2) is 0 Å². The quantitative estimate of drug-likeness (QED) is 0.233. The maximum absolute atomic E-state index is 3.83. The van der Waals surface area contributed by atoms with E-state index in [1.807, 2.05) is 0 Å². The molecule has 0 bridgehead atoms. The first-order valence-corrected chi connectivity index (χ1v) is 12.2. The van der Waals surface area contributed by atoms with E-state index in [-0.39, 0.29) is 0 Å². The van der Waals surface area contributed by atoms with Gasteiger partial charge in [0.1, 0.15) is 0 Å². The van der Waals surface area contributed by atoms with E-state index in [1.165, 1.54) is 53.3 Å². The van der Waals surface area contributed by atoms with Crippen LogP contribution in [0.15, 0.2) is 102 Å². The van der Waals surface area contributed by atoms with Gasteiger partial charge in [-0.1, -0.05) is 107 Å². The maximum atomic E-state index is 3.83. The highest BCUT2D eigenvalue weighted by Gasteiger charge is 2.29. The standard InChI is InChI=1S/C27H18BrP/c28-23-11-5-6-12-24(23)29-17-20-14-13-18-7-1-3-9-21(18)26(20)27-22-10-4-2-8-19(22)15-16-25(27)29/h1-16H,17H2. The molecule has 1 heterocycles. The summed E-state index contributed by atoms with van der Waals surface area (Å²) in [6, 6.07) is 35.7. The minimum absolute atomic E-state index is 0.466. The van der Waals surface area contributed by atoms with E-state index in [1.54, 1.807) is 0 Å². The molecule has 0 N–H and O–H groups in total. The van der Waals surface area contributed by atoms with Crippen molar-refractivity contribution in [2.24, 2.45) is 0 Å². The zero-order chi connectivity index (χ0) is 19.4. The van der Waals surface area contributed by atoms with E-state index in [2.05, 4.69) is 113 Å². The zero-order valence-corrected chi connectivity index (χ0v) is 18.3. The molecule has 0 saturated carbocycles. The molecule has 1 atom stereocenters. The molecule has 0 aliphatic carbocycles. The first kappa shape index (κ1) is 17.4. The van der Waals surface area contributed by atoms with Crippen molar-refractivity contribution < 1.29 is 0 Å². The van der Waals surface area contributed by atoms with Gasteiger partial charge in [-0.15, -0.1) is 0 Å². The topological polar surface area (TPSA) is 0 Å². The van der Waals surface area contributed by atoms with Crippen molar-refractivity contribution in [3.8, 4) is 11.1 Å². The molecule has 0 nitrogen and oxygen atoms in total. The average molecular weight is 453 g/mol. The molecule has 2 heteroatoms. The number of hydrogen-bond acceptors (Lipinski definition) is 0. The van der Waals surface area contributed by atoms with Gasteiger partial charge in [-0.2, -0.15) is 0 Å². The van der Waals surface area contributed by atoms with Crippen LogP contribution < -0.4 is 10.6 Å². The van der Waals surface area contributed by atoms with Crippen LogP contribution in [0.5, 0.6) is 0 Å². The van der Waals surface area contributed by atoms with Gasteiger partial charge in [0.25, 0.3) is 0 Å². The van der Waals surface area contributed by atoms with Crippen LogP contribution in [0.3, 0.4) is 0 Å². The smallest absolute Gasteiger partial charge is 0.0255 e. The highest BCUT2D eigenvalue weighted by atomic mass is 79.9. The number of fused-ring (bicyclic) bond motifs is 7. The summed E-state index contributed by atoms with van der Waals surface area (Å²) in [6.45, 7) is 0. The molecule has 0 aromatic heterocycles. The van der Waals surface area contributed by atoms with E-state index in [9.17, 15) is 0 Å². The van der Waals surface area contributed by atoms with Crippen LogP contribution in [0.4, 0.5) is 0 Å². The molecular weight excluding hydrogens is 435 g/mol. The van der Waals surface area contributed by atoms with Crippen molar-refractivity contribution in [3.63, 3.8) is 0 Å². The minimum Gasteiger partial charge on any atom is -0.0616 e. The van der Waals surface area contributed by atoms with Crippen molar-refractivity contribution in [1.29, 1.82) is 0 Å². The Hall–Kier alpha value is -2.47. The van der Waals surface area contributed by atoms with Crippen LogP contribution in [0, 0.1) is 0 Å². The van der Waals surface area contributed by atoms with Gasteiger partial charge < -0.3 is 0 Å². The highest BCUT2D eigenvalue weighted by molar-refractivity contribution is 9.10. The minimum atomic E-state index is -0.466. The van der Waals surface area contributed by atoms with Gasteiger partial charge in [-0.25, -0.2) is 0 Å². The fraction of sp³-hybridized carbons (Fsp3) is 0.0370. The van der Waals surface area contributed by atoms with Crippen LogP contribution in [-0.4, -0.2) is 0 Å². The van der Waals surface area contributed by atoms with Crippen LogP contribution in [0.25, 0.3) is 32.7 Å². The van der Waals surface area contributed by atoms with Gasteiger partial charge in [-0.05, 0) is 62.8 Å². The molecule has 0 spiro atoms. The number of halogens is 1. The SMILES string of the molecule is Brc1ccccc1P1Cc2ccc3ccccc3c2-c2c1ccc1ccccc21. The van der Waals surface area contributed by atoms with Crippen LogP contribution >= 0.6 is 23.9 Å². The summed E-state index contributed by atoms with van der Waals surface area (Å²) in [7, 11) is -0.466. The Balaban J connectivity index is 1.75. The lowest BCUT2D eigenvalue weighted by atomic mass is 9.90. The van der Waals surface area contributed by atoms with Gasteiger partial charge in [-0.3, -0.25) is 0 Å². The molecule has 1 aliphatic rings. The Kier molecular flexibility index (Phi) is 4.08. The number of benzene rings is 5. The largest absolute Gasteiger partial charge is 0.0616 e. The average Bonchev–Trinajstić information content (AvgIpc) is 2.78. The van der Waals surface area contributed by atoms with Crippen LogP contribution in [0.1, 0.15) is 5.56 Å². The molecule has 0 amide bonds. The van der Waals surface area contributed by atoms with Crippen molar-refractivity contribution in [3.05, 3.63) is 107 Å². The summed E-state index contributed by atoms with van der Waals surface area (Å²) < 4.78 is 1.22. The van der Waals surface area contributed by atoms with Crippen molar-refractivity contribution in [2.75, 3.05) is 0 Å². The number of hydrogen-bond donors (Lipinski definition) is 0. The normalized spacial score (nSPS) is 15.3. The van der Waals surface area contributed by atoms with Gasteiger partial charge >= 0.3 is 0 Å². The first-order valence-electron chi connectivity index (χ1n) is 9.86. The summed E-state index contributed by atoms with van der Waals surface area (Å²) >= 11 is 3.83. The summed E-state index contributed by atoms with van der Waals surface area (Å²) in [6.07, 6.45) is 1.09. The summed E-state index contributed by atoms with van der Waals surface area (Å²) in [5, 5.41) is 8.28. The third kappa shape index (κ3) is 2.69. The zero-order valence-electron chi connectivity index (χ0n) is 15.8. The van der Waals surface area contributed by atoms with Crippen LogP contribution in [0.2, 0.25) is 0 Å². The molecule has 6 rings (SSSR count). The summed E-state index contributed by atoms with van der Waals surface area (Å²) in [5.41, 5.74) is 4.33. The third-order valence-corrected chi connectivity index (χ3v) is 9.52. The predicted octanol–water partition coefficient (Wildman–Crippen LogP) is 7.37.